The van der Waals surface area contributed by atoms with Gasteiger partial charge in [0.2, 0.25) is 11.7 Å². The number of carbonyl (C=O) groups excluding carboxylic acids is 1. The third-order valence-electron chi connectivity index (χ3n) is 4.23. The van der Waals surface area contributed by atoms with Crippen LogP contribution in [0.3, 0.4) is 0 Å². The molecule has 0 aliphatic heterocycles. The Hall–Kier alpha value is -3.32. The number of anilines is 1. The van der Waals surface area contributed by atoms with Gasteiger partial charge in [0.25, 0.3) is 0 Å². The number of carbonyl (C=O) groups is 1. The molecule has 1 N–H and O–H groups in total. The van der Waals surface area contributed by atoms with Crippen LogP contribution in [0.1, 0.15) is 11.1 Å². The van der Waals surface area contributed by atoms with Gasteiger partial charge in [0.1, 0.15) is 0 Å². The average Bonchev–Trinajstić information content (AvgIpc) is 3.36. The molecule has 0 saturated heterocycles. The Labute approximate surface area is 173 Å². The Morgan fingerprint density at radius 1 is 1.03 bits per heavy atom. The summed E-state index contributed by atoms with van der Waals surface area (Å²) in [6, 6.07) is 19.4. The van der Waals surface area contributed by atoms with E-state index in [4.69, 9.17) is 4.42 Å². The molecule has 0 saturated carbocycles. The first-order valence-corrected chi connectivity index (χ1v) is 10.1. The summed E-state index contributed by atoms with van der Waals surface area (Å²) < 4.78 is 7.41. The minimum absolute atomic E-state index is 0.0952. The number of thioether (sulfide) groups is 1. The van der Waals surface area contributed by atoms with Gasteiger partial charge < -0.3 is 9.73 Å². The normalized spacial score (nSPS) is 10.8. The van der Waals surface area contributed by atoms with E-state index < -0.39 is 0 Å². The Bertz CT molecular complexity index is 1100. The van der Waals surface area contributed by atoms with Crippen LogP contribution in [0.25, 0.3) is 17.3 Å². The zero-order valence-corrected chi connectivity index (χ0v) is 16.9. The molecular weight excluding hydrogens is 384 g/mol. The molecule has 1 amide bonds. The monoisotopic (exact) mass is 404 g/mol. The summed E-state index contributed by atoms with van der Waals surface area (Å²) in [5.41, 5.74) is 3.93. The lowest BCUT2D eigenvalue weighted by atomic mass is 10.1. The highest BCUT2D eigenvalue weighted by atomic mass is 32.2. The number of aromatic nitrogens is 3. The van der Waals surface area contributed by atoms with E-state index in [9.17, 15) is 4.79 Å². The standard InChI is InChI=1S/C22H20N4O2S/c1-15-11-16(2)13-17(12-15)23-20(27)14-29-22-25-24-21(19-9-6-10-28-19)26(22)18-7-4-3-5-8-18/h3-13H,14H2,1-2H3,(H,23,27). The van der Waals surface area contributed by atoms with Gasteiger partial charge >= 0.3 is 0 Å². The van der Waals surface area contributed by atoms with Crippen LogP contribution in [0, 0.1) is 13.8 Å². The molecule has 0 fully saturated rings. The minimum atomic E-state index is -0.0952. The highest BCUT2D eigenvalue weighted by Crippen LogP contribution is 2.28. The molecule has 29 heavy (non-hydrogen) atoms. The number of nitrogens with zero attached hydrogens (tertiary/aromatic N) is 3. The Balaban J connectivity index is 1.55. The summed E-state index contributed by atoms with van der Waals surface area (Å²) in [7, 11) is 0. The largest absolute Gasteiger partial charge is 0.461 e. The van der Waals surface area contributed by atoms with Gasteiger partial charge in [0.15, 0.2) is 10.9 Å². The second-order valence-electron chi connectivity index (χ2n) is 6.67. The van der Waals surface area contributed by atoms with Crippen molar-refractivity contribution in [3.63, 3.8) is 0 Å². The predicted molar refractivity (Wildman–Crippen MR) is 114 cm³/mol. The van der Waals surface area contributed by atoms with E-state index in [0.29, 0.717) is 16.7 Å². The summed E-state index contributed by atoms with van der Waals surface area (Å²) in [5.74, 6) is 1.34. The molecule has 0 aliphatic rings. The van der Waals surface area contributed by atoms with Gasteiger partial charge in [-0.05, 0) is 61.4 Å². The van der Waals surface area contributed by atoms with Crippen molar-refractivity contribution in [1.82, 2.24) is 14.8 Å². The van der Waals surface area contributed by atoms with E-state index in [1.807, 2.05) is 73.0 Å². The number of furan rings is 1. The quantitative estimate of drug-likeness (QED) is 0.464. The third kappa shape index (κ3) is 4.41. The summed E-state index contributed by atoms with van der Waals surface area (Å²) in [6.45, 7) is 4.02. The Morgan fingerprint density at radius 3 is 2.48 bits per heavy atom. The summed E-state index contributed by atoms with van der Waals surface area (Å²) >= 11 is 1.33. The van der Waals surface area contributed by atoms with E-state index in [1.165, 1.54) is 11.8 Å². The predicted octanol–water partition coefficient (Wildman–Crippen LogP) is 4.87. The van der Waals surface area contributed by atoms with Crippen molar-refractivity contribution in [2.24, 2.45) is 0 Å². The molecule has 0 spiro atoms. The van der Waals surface area contributed by atoms with Crippen LogP contribution >= 0.6 is 11.8 Å². The molecule has 0 atom stereocenters. The van der Waals surface area contributed by atoms with Gasteiger partial charge in [-0.25, -0.2) is 0 Å². The number of amides is 1. The first-order valence-electron chi connectivity index (χ1n) is 9.16. The molecular formula is C22H20N4O2S. The van der Waals surface area contributed by atoms with E-state index in [1.54, 1.807) is 6.26 Å². The maximum atomic E-state index is 12.5. The third-order valence-corrected chi connectivity index (χ3v) is 5.16. The first kappa shape index (κ1) is 19.0. The van der Waals surface area contributed by atoms with Crippen LogP contribution < -0.4 is 5.32 Å². The molecule has 6 nitrogen and oxygen atoms in total. The first-order chi connectivity index (χ1) is 14.1. The average molecular weight is 404 g/mol. The fourth-order valence-electron chi connectivity index (χ4n) is 3.11. The Kier molecular flexibility index (Phi) is 5.48. The van der Waals surface area contributed by atoms with Gasteiger partial charge in [0, 0.05) is 11.4 Å². The molecule has 4 aromatic rings. The summed E-state index contributed by atoms with van der Waals surface area (Å²) in [6.07, 6.45) is 1.60. The van der Waals surface area contributed by atoms with E-state index in [2.05, 4.69) is 21.6 Å². The van der Waals surface area contributed by atoms with Crippen LogP contribution in [0.4, 0.5) is 5.69 Å². The van der Waals surface area contributed by atoms with Crippen molar-refractivity contribution in [1.29, 1.82) is 0 Å². The van der Waals surface area contributed by atoms with E-state index in [0.717, 1.165) is 22.5 Å². The molecule has 0 bridgehead atoms. The fourth-order valence-corrected chi connectivity index (χ4v) is 3.86. The number of hydrogen-bond acceptors (Lipinski definition) is 5. The molecule has 2 aromatic heterocycles. The van der Waals surface area contributed by atoms with Crippen molar-refractivity contribution < 1.29 is 9.21 Å². The van der Waals surface area contributed by atoms with Crippen LogP contribution in [0.5, 0.6) is 0 Å². The fraction of sp³-hybridized carbons (Fsp3) is 0.136. The molecule has 4 rings (SSSR count). The maximum absolute atomic E-state index is 12.5. The second-order valence-corrected chi connectivity index (χ2v) is 7.61. The molecule has 0 radical (unpaired) electrons. The van der Waals surface area contributed by atoms with Gasteiger partial charge in [-0.2, -0.15) is 0 Å². The SMILES string of the molecule is Cc1cc(C)cc(NC(=O)CSc2nnc(-c3ccco3)n2-c2ccccc2)c1. The smallest absolute Gasteiger partial charge is 0.234 e. The number of benzene rings is 2. The number of nitrogens with one attached hydrogen (secondary N) is 1. The van der Waals surface area contributed by atoms with Gasteiger partial charge in [0.05, 0.1) is 12.0 Å². The molecule has 2 aromatic carbocycles. The maximum Gasteiger partial charge on any atom is 0.234 e. The molecule has 7 heteroatoms. The lowest BCUT2D eigenvalue weighted by Gasteiger charge is -2.10. The van der Waals surface area contributed by atoms with Crippen LogP contribution in [-0.4, -0.2) is 26.4 Å². The highest BCUT2D eigenvalue weighted by Gasteiger charge is 2.18. The zero-order chi connectivity index (χ0) is 20.2. The lowest BCUT2D eigenvalue weighted by molar-refractivity contribution is -0.113. The van der Waals surface area contributed by atoms with Crippen molar-refractivity contribution in [3.8, 4) is 17.3 Å². The van der Waals surface area contributed by atoms with Crippen molar-refractivity contribution >= 4 is 23.4 Å². The van der Waals surface area contributed by atoms with E-state index >= 15 is 0 Å². The lowest BCUT2D eigenvalue weighted by Crippen LogP contribution is -2.14. The van der Waals surface area contributed by atoms with Crippen molar-refractivity contribution in [2.75, 3.05) is 11.1 Å². The molecule has 0 aliphatic carbocycles. The van der Waals surface area contributed by atoms with Crippen molar-refractivity contribution in [3.05, 3.63) is 78.1 Å². The minimum Gasteiger partial charge on any atom is -0.461 e. The van der Waals surface area contributed by atoms with E-state index in [-0.39, 0.29) is 11.7 Å². The summed E-state index contributed by atoms with van der Waals surface area (Å²) in [5, 5.41) is 12.2. The Morgan fingerprint density at radius 2 is 1.79 bits per heavy atom. The second kappa shape index (κ2) is 8.36. The summed E-state index contributed by atoms with van der Waals surface area (Å²) in [4.78, 5) is 12.5. The number of rotatable bonds is 6. The van der Waals surface area contributed by atoms with Gasteiger partial charge in [-0.15, -0.1) is 10.2 Å². The zero-order valence-electron chi connectivity index (χ0n) is 16.1. The number of aryl methyl sites for hydroxylation is 2. The highest BCUT2D eigenvalue weighted by molar-refractivity contribution is 7.99. The van der Waals surface area contributed by atoms with Gasteiger partial charge in [-0.3, -0.25) is 9.36 Å². The number of para-hydroxylation sites is 1. The van der Waals surface area contributed by atoms with Crippen LogP contribution in [0.15, 0.2) is 76.5 Å². The van der Waals surface area contributed by atoms with Crippen molar-refractivity contribution in [2.45, 2.75) is 19.0 Å². The number of hydrogen-bond donors (Lipinski definition) is 1. The molecule has 0 unspecified atom stereocenters. The van der Waals surface area contributed by atoms with Crippen LogP contribution in [0.2, 0.25) is 0 Å². The molecule has 2 heterocycles. The molecule has 146 valence electrons. The topological polar surface area (TPSA) is 73.0 Å². The van der Waals surface area contributed by atoms with Gasteiger partial charge in [-0.1, -0.05) is 36.0 Å². The van der Waals surface area contributed by atoms with Crippen LogP contribution in [-0.2, 0) is 4.79 Å².